The van der Waals surface area contributed by atoms with Crippen LogP contribution in [0.25, 0.3) is 0 Å². The van der Waals surface area contributed by atoms with Crippen molar-refractivity contribution in [3.63, 3.8) is 0 Å². The van der Waals surface area contributed by atoms with Gasteiger partial charge in [0.2, 0.25) is 0 Å². The van der Waals surface area contributed by atoms with E-state index in [9.17, 15) is 0 Å². The largest absolute Gasteiger partial charge is 0.395 e. The number of unbranched alkanes of at least 4 members (excludes halogenated alkanes) is 1. The highest BCUT2D eigenvalue weighted by Crippen LogP contribution is 2.09. The lowest BCUT2D eigenvalue weighted by atomic mass is 10.3. The van der Waals surface area contributed by atoms with Gasteiger partial charge in [-0.05, 0) is 19.4 Å². The number of nitrogens with zero attached hydrogens (tertiary/aromatic N) is 1. The lowest BCUT2D eigenvalue weighted by molar-refractivity contribution is -0.182. The van der Waals surface area contributed by atoms with Gasteiger partial charge in [-0.25, -0.2) is 0 Å². The molecule has 0 saturated carbocycles. The van der Waals surface area contributed by atoms with E-state index < -0.39 is 0 Å². The quantitative estimate of drug-likeness (QED) is 0.682. The Hall–Kier alpha value is -0.160. The number of aliphatic hydroxyl groups is 1. The third-order valence-corrected chi connectivity index (χ3v) is 2.82. The van der Waals surface area contributed by atoms with E-state index in [2.05, 4.69) is 11.8 Å². The molecule has 0 aromatic heterocycles. The first-order chi connectivity index (χ1) is 7.86. The molecule has 0 spiro atoms. The molecule has 0 aliphatic carbocycles. The maximum Gasteiger partial charge on any atom is 0.158 e. The van der Waals surface area contributed by atoms with Crippen LogP contribution in [0.2, 0.25) is 0 Å². The van der Waals surface area contributed by atoms with Gasteiger partial charge < -0.3 is 19.5 Å². The first-order valence-corrected chi connectivity index (χ1v) is 6.43. The van der Waals surface area contributed by atoms with Crippen LogP contribution in [-0.2, 0) is 9.47 Å². The molecule has 1 aliphatic heterocycles. The van der Waals surface area contributed by atoms with E-state index >= 15 is 0 Å². The van der Waals surface area contributed by atoms with Gasteiger partial charge in [0.25, 0.3) is 0 Å². The van der Waals surface area contributed by atoms with Gasteiger partial charge >= 0.3 is 0 Å². The Morgan fingerprint density at radius 2 is 1.94 bits per heavy atom. The highest BCUT2D eigenvalue weighted by atomic mass is 16.7. The van der Waals surface area contributed by atoms with E-state index in [1.807, 2.05) is 0 Å². The summed E-state index contributed by atoms with van der Waals surface area (Å²) < 4.78 is 11.0. The fourth-order valence-corrected chi connectivity index (χ4v) is 1.85. The number of aliphatic hydroxyl groups excluding tert-OH is 1. The summed E-state index contributed by atoms with van der Waals surface area (Å²) in [6, 6.07) is 0. The standard InChI is InChI=1S/C12H25NO3/c1-2-3-6-13(8-9-14)7-5-12-15-10-4-11-16-12/h12,14H,2-11H2,1H3. The summed E-state index contributed by atoms with van der Waals surface area (Å²) in [5, 5.41) is 8.97. The molecule has 4 heteroatoms. The first kappa shape index (κ1) is 13.9. The van der Waals surface area contributed by atoms with Crippen molar-refractivity contribution in [2.24, 2.45) is 0 Å². The van der Waals surface area contributed by atoms with E-state index in [1.54, 1.807) is 0 Å². The van der Waals surface area contributed by atoms with Crippen molar-refractivity contribution in [3.05, 3.63) is 0 Å². The molecular weight excluding hydrogens is 206 g/mol. The monoisotopic (exact) mass is 231 g/mol. The van der Waals surface area contributed by atoms with Gasteiger partial charge in [0.05, 0.1) is 19.8 Å². The maximum atomic E-state index is 8.97. The Morgan fingerprint density at radius 1 is 1.19 bits per heavy atom. The molecule has 0 aromatic carbocycles. The molecule has 1 fully saturated rings. The number of hydrogen-bond acceptors (Lipinski definition) is 4. The molecule has 0 radical (unpaired) electrons. The zero-order chi connectivity index (χ0) is 11.6. The third-order valence-electron chi connectivity index (χ3n) is 2.82. The lowest BCUT2D eigenvalue weighted by Crippen LogP contribution is -2.34. The van der Waals surface area contributed by atoms with Crippen molar-refractivity contribution in [2.45, 2.75) is 38.9 Å². The molecule has 1 rings (SSSR count). The Balaban J connectivity index is 2.14. The summed E-state index contributed by atoms with van der Waals surface area (Å²) >= 11 is 0. The average molecular weight is 231 g/mol. The second-order valence-corrected chi connectivity index (χ2v) is 4.23. The number of ether oxygens (including phenoxy) is 2. The topological polar surface area (TPSA) is 41.9 Å². The zero-order valence-corrected chi connectivity index (χ0v) is 10.4. The van der Waals surface area contributed by atoms with Crippen LogP contribution >= 0.6 is 0 Å². The van der Waals surface area contributed by atoms with Gasteiger partial charge in [-0.3, -0.25) is 0 Å². The minimum atomic E-state index is -0.0310. The summed E-state index contributed by atoms with van der Waals surface area (Å²) in [5.74, 6) is 0. The van der Waals surface area contributed by atoms with Crippen LogP contribution in [0.1, 0.15) is 32.6 Å². The van der Waals surface area contributed by atoms with Crippen LogP contribution in [0.15, 0.2) is 0 Å². The van der Waals surface area contributed by atoms with Crippen molar-refractivity contribution in [1.82, 2.24) is 4.90 Å². The molecule has 1 heterocycles. The molecule has 0 bridgehead atoms. The molecule has 1 N–H and O–H groups in total. The summed E-state index contributed by atoms with van der Waals surface area (Å²) in [5.41, 5.74) is 0. The van der Waals surface area contributed by atoms with Crippen molar-refractivity contribution < 1.29 is 14.6 Å². The van der Waals surface area contributed by atoms with Gasteiger partial charge in [0.15, 0.2) is 6.29 Å². The van der Waals surface area contributed by atoms with Gasteiger partial charge in [-0.2, -0.15) is 0 Å². The van der Waals surface area contributed by atoms with Gasteiger partial charge in [-0.15, -0.1) is 0 Å². The number of rotatable bonds is 8. The second-order valence-electron chi connectivity index (χ2n) is 4.23. The molecule has 0 amide bonds. The second kappa shape index (κ2) is 8.93. The van der Waals surface area contributed by atoms with Gasteiger partial charge in [0, 0.05) is 19.5 Å². The van der Waals surface area contributed by atoms with Crippen LogP contribution in [0.3, 0.4) is 0 Å². The Kier molecular flexibility index (Phi) is 7.76. The van der Waals surface area contributed by atoms with Gasteiger partial charge in [-0.1, -0.05) is 13.3 Å². The predicted molar refractivity (Wildman–Crippen MR) is 63.4 cm³/mol. The van der Waals surface area contributed by atoms with E-state index in [1.165, 1.54) is 12.8 Å². The van der Waals surface area contributed by atoms with E-state index in [0.29, 0.717) is 0 Å². The number of hydrogen-bond donors (Lipinski definition) is 1. The van der Waals surface area contributed by atoms with E-state index in [-0.39, 0.29) is 12.9 Å². The Bertz CT molecular complexity index is 160. The average Bonchev–Trinajstić information content (AvgIpc) is 2.34. The maximum absolute atomic E-state index is 8.97. The van der Waals surface area contributed by atoms with Crippen molar-refractivity contribution >= 4 is 0 Å². The van der Waals surface area contributed by atoms with E-state index in [4.69, 9.17) is 14.6 Å². The Labute approximate surface area is 98.5 Å². The molecule has 1 aliphatic rings. The lowest BCUT2D eigenvalue weighted by Gasteiger charge is -2.27. The fourth-order valence-electron chi connectivity index (χ4n) is 1.85. The highest BCUT2D eigenvalue weighted by molar-refractivity contribution is 4.60. The molecule has 16 heavy (non-hydrogen) atoms. The summed E-state index contributed by atoms with van der Waals surface area (Å²) in [4.78, 5) is 2.28. The Morgan fingerprint density at radius 3 is 2.56 bits per heavy atom. The van der Waals surface area contributed by atoms with Gasteiger partial charge in [0.1, 0.15) is 0 Å². The smallest absolute Gasteiger partial charge is 0.158 e. The predicted octanol–water partition coefficient (Wildman–Crippen LogP) is 1.23. The highest BCUT2D eigenvalue weighted by Gasteiger charge is 2.15. The molecule has 4 nitrogen and oxygen atoms in total. The van der Waals surface area contributed by atoms with Crippen molar-refractivity contribution in [2.75, 3.05) is 39.5 Å². The van der Waals surface area contributed by atoms with Crippen LogP contribution in [0.4, 0.5) is 0 Å². The van der Waals surface area contributed by atoms with Crippen LogP contribution < -0.4 is 0 Å². The minimum absolute atomic E-state index is 0.0310. The summed E-state index contributed by atoms with van der Waals surface area (Å²) in [7, 11) is 0. The zero-order valence-electron chi connectivity index (χ0n) is 10.4. The molecule has 0 atom stereocenters. The van der Waals surface area contributed by atoms with Crippen LogP contribution in [0, 0.1) is 0 Å². The SMILES string of the molecule is CCCCN(CCO)CCC1OCCCO1. The molecule has 96 valence electrons. The fraction of sp³-hybridized carbons (Fsp3) is 1.00. The molecule has 1 saturated heterocycles. The van der Waals surface area contributed by atoms with E-state index in [0.717, 1.165) is 45.7 Å². The molecule has 0 aromatic rings. The van der Waals surface area contributed by atoms with Crippen molar-refractivity contribution in [1.29, 1.82) is 0 Å². The van der Waals surface area contributed by atoms with Crippen LogP contribution in [-0.4, -0.2) is 55.8 Å². The molecule has 0 unspecified atom stereocenters. The van der Waals surface area contributed by atoms with Crippen LogP contribution in [0.5, 0.6) is 0 Å². The summed E-state index contributed by atoms with van der Waals surface area (Å²) in [6.45, 7) is 6.82. The summed E-state index contributed by atoms with van der Waals surface area (Å²) in [6.07, 6.45) is 4.26. The third kappa shape index (κ3) is 5.80. The van der Waals surface area contributed by atoms with Crippen molar-refractivity contribution in [3.8, 4) is 0 Å². The molecular formula is C12H25NO3. The normalized spacial score (nSPS) is 18.2. The first-order valence-electron chi connectivity index (χ1n) is 6.43. The minimum Gasteiger partial charge on any atom is -0.395 e.